The SMILES string of the molecule is O=C(OCC(=O)N1N=C(c2cccs2)CC1c1cccs1)c1cc(=O)[nH]c2ccccc12. The molecule has 7 nitrogen and oxygen atoms in total. The molecule has 1 N–H and O–H groups in total. The molecule has 3 aromatic heterocycles. The molecule has 4 heterocycles. The minimum absolute atomic E-state index is 0.121. The second-order valence-corrected chi connectivity index (χ2v) is 9.09. The number of amides is 1. The third kappa shape index (κ3) is 3.88. The Balaban J connectivity index is 1.37. The first kappa shape index (κ1) is 20.3. The first-order valence-corrected chi connectivity index (χ1v) is 11.6. The largest absolute Gasteiger partial charge is 0.452 e. The van der Waals surface area contributed by atoms with Crippen molar-refractivity contribution in [2.24, 2.45) is 5.10 Å². The van der Waals surface area contributed by atoms with Crippen LogP contribution in [0, 0.1) is 0 Å². The van der Waals surface area contributed by atoms with Gasteiger partial charge in [-0.3, -0.25) is 9.59 Å². The number of hydrogen-bond donors (Lipinski definition) is 1. The molecule has 1 atom stereocenters. The summed E-state index contributed by atoms with van der Waals surface area (Å²) >= 11 is 3.12. The molecule has 1 aromatic carbocycles. The lowest BCUT2D eigenvalue weighted by Gasteiger charge is -2.20. The third-order valence-corrected chi connectivity index (χ3v) is 7.03. The van der Waals surface area contributed by atoms with Crippen LogP contribution in [0.3, 0.4) is 0 Å². The van der Waals surface area contributed by atoms with Crippen molar-refractivity contribution >= 4 is 51.2 Å². The molecule has 0 spiro atoms. The number of aromatic nitrogens is 1. The maximum absolute atomic E-state index is 13.0. The molecule has 32 heavy (non-hydrogen) atoms. The molecule has 0 radical (unpaired) electrons. The van der Waals surface area contributed by atoms with Crippen molar-refractivity contribution in [3.8, 4) is 0 Å². The van der Waals surface area contributed by atoms with Gasteiger partial charge in [-0.2, -0.15) is 5.10 Å². The van der Waals surface area contributed by atoms with Gasteiger partial charge in [0.1, 0.15) is 0 Å². The number of aromatic amines is 1. The number of para-hydroxylation sites is 1. The zero-order valence-electron chi connectivity index (χ0n) is 16.7. The summed E-state index contributed by atoms with van der Waals surface area (Å²) in [6.07, 6.45) is 0.597. The van der Waals surface area contributed by atoms with Crippen LogP contribution in [0.2, 0.25) is 0 Å². The van der Waals surface area contributed by atoms with Crippen LogP contribution in [0.4, 0.5) is 0 Å². The lowest BCUT2D eigenvalue weighted by Crippen LogP contribution is -2.31. The summed E-state index contributed by atoms with van der Waals surface area (Å²) in [4.78, 5) is 42.4. The number of ether oxygens (including phenoxy) is 1. The van der Waals surface area contributed by atoms with E-state index in [1.165, 1.54) is 11.1 Å². The van der Waals surface area contributed by atoms with E-state index in [4.69, 9.17) is 4.74 Å². The molecule has 0 saturated heterocycles. The third-order valence-electron chi connectivity index (χ3n) is 5.14. The number of pyridine rings is 1. The van der Waals surface area contributed by atoms with Gasteiger partial charge in [-0.25, -0.2) is 9.80 Å². The number of fused-ring (bicyclic) bond motifs is 1. The smallest absolute Gasteiger partial charge is 0.339 e. The number of nitrogens with zero attached hydrogens (tertiary/aromatic N) is 2. The molecule has 0 fully saturated rings. The highest BCUT2D eigenvalue weighted by molar-refractivity contribution is 7.12. The van der Waals surface area contributed by atoms with E-state index in [-0.39, 0.29) is 11.6 Å². The van der Waals surface area contributed by atoms with Gasteiger partial charge in [0.05, 0.1) is 22.2 Å². The summed E-state index contributed by atoms with van der Waals surface area (Å²) in [7, 11) is 0. The zero-order valence-corrected chi connectivity index (χ0v) is 18.3. The van der Waals surface area contributed by atoms with Crippen molar-refractivity contribution in [3.05, 3.63) is 91.0 Å². The number of hydrogen-bond acceptors (Lipinski definition) is 7. The highest BCUT2D eigenvalue weighted by atomic mass is 32.1. The quantitative estimate of drug-likeness (QED) is 0.450. The topological polar surface area (TPSA) is 91.8 Å². The number of nitrogens with one attached hydrogen (secondary N) is 1. The number of H-pyrrole nitrogens is 1. The second kappa shape index (κ2) is 8.52. The molecule has 0 saturated carbocycles. The van der Waals surface area contributed by atoms with E-state index in [1.54, 1.807) is 46.9 Å². The number of carbonyl (C=O) groups excluding carboxylic acids is 2. The Hall–Kier alpha value is -3.56. The maximum Gasteiger partial charge on any atom is 0.339 e. The molecule has 0 aliphatic carbocycles. The van der Waals surface area contributed by atoms with Crippen molar-refractivity contribution < 1.29 is 14.3 Å². The molecule has 1 aliphatic heterocycles. The molecular weight excluding hydrogens is 446 g/mol. The Morgan fingerprint density at radius 1 is 1.09 bits per heavy atom. The van der Waals surface area contributed by atoms with E-state index in [2.05, 4.69) is 10.1 Å². The normalized spacial score (nSPS) is 15.7. The molecule has 4 aromatic rings. The molecule has 1 unspecified atom stereocenters. The summed E-state index contributed by atoms with van der Waals surface area (Å²) < 4.78 is 5.31. The number of esters is 1. The summed E-state index contributed by atoms with van der Waals surface area (Å²) in [6.45, 7) is -0.469. The fraction of sp³-hybridized carbons (Fsp3) is 0.130. The number of carbonyl (C=O) groups is 2. The second-order valence-electron chi connectivity index (χ2n) is 7.17. The number of rotatable bonds is 5. The van der Waals surface area contributed by atoms with Crippen molar-refractivity contribution in [2.75, 3.05) is 6.61 Å². The van der Waals surface area contributed by atoms with E-state index in [9.17, 15) is 14.4 Å². The maximum atomic E-state index is 13.0. The van der Waals surface area contributed by atoms with E-state index in [1.807, 2.05) is 35.0 Å². The predicted octanol–water partition coefficient (Wildman–Crippen LogP) is 4.19. The highest BCUT2D eigenvalue weighted by Gasteiger charge is 2.34. The van der Waals surface area contributed by atoms with Crippen LogP contribution in [0.5, 0.6) is 0 Å². The number of hydrazone groups is 1. The lowest BCUT2D eigenvalue weighted by atomic mass is 10.1. The van der Waals surface area contributed by atoms with E-state index in [0.717, 1.165) is 15.5 Å². The van der Waals surface area contributed by atoms with Gasteiger partial charge in [0.25, 0.3) is 5.91 Å². The van der Waals surface area contributed by atoms with Gasteiger partial charge in [-0.15, -0.1) is 22.7 Å². The zero-order chi connectivity index (χ0) is 22.1. The van der Waals surface area contributed by atoms with Crippen LogP contribution in [0.1, 0.15) is 32.6 Å². The standard InChI is InChI=1S/C23H17N3O4S2/c27-21-11-15(14-5-1-2-6-16(14)24-21)23(29)30-13-22(28)26-18(20-8-4-10-32-20)12-17(25-26)19-7-3-9-31-19/h1-11,18H,12-13H2,(H,24,27). The highest BCUT2D eigenvalue weighted by Crippen LogP contribution is 2.36. The Labute approximate surface area is 190 Å². The van der Waals surface area contributed by atoms with Crippen LogP contribution in [0.25, 0.3) is 10.9 Å². The van der Waals surface area contributed by atoms with E-state index < -0.39 is 24.0 Å². The predicted molar refractivity (Wildman–Crippen MR) is 124 cm³/mol. The van der Waals surface area contributed by atoms with E-state index in [0.29, 0.717) is 17.3 Å². The van der Waals surface area contributed by atoms with Crippen LogP contribution in [-0.2, 0) is 9.53 Å². The van der Waals surface area contributed by atoms with Gasteiger partial charge >= 0.3 is 5.97 Å². The van der Waals surface area contributed by atoms with Gasteiger partial charge in [0.15, 0.2) is 6.61 Å². The Morgan fingerprint density at radius 2 is 1.91 bits per heavy atom. The Morgan fingerprint density at radius 3 is 2.69 bits per heavy atom. The monoisotopic (exact) mass is 463 g/mol. The average molecular weight is 464 g/mol. The summed E-state index contributed by atoms with van der Waals surface area (Å²) in [5.74, 6) is -1.15. The van der Waals surface area contributed by atoms with Gasteiger partial charge < -0.3 is 9.72 Å². The average Bonchev–Trinajstić information content (AvgIpc) is 3.57. The van der Waals surface area contributed by atoms with Gasteiger partial charge in [-0.05, 0) is 29.0 Å². The molecule has 0 bridgehead atoms. The van der Waals surface area contributed by atoms with Gasteiger partial charge in [0, 0.05) is 28.3 Å². The minimum Gasteiger partial charge on any atom is -0.452 e. The first-order valence-electron chi connectivity index (χ1n) is 9.86. The molecule has 5 rings (SSSR count). The molecule has 1 aliphatic rings. The number of thiophene rings is 2. The van der Waals surface area contributed by atoms with Crippen molar-refractivity contribution in [3.63, 3.8) is 0 Å². The van der Waals surface area contributed by atoms with Gasteiger partial charge in [0.2, 0.25) is 5.56 Å². The summed E-state index contributed by atoms with van der Waals surface area (Å²) in [5.41, 5.74) is 1.07. The van der Waals surface area contributed by atoms with Gasteiger partial charge in [-0.1, -0.05) is 30.3 Å². The number of benzene rings is 1. The van der Waals surface area contributed by atoms with Crippen molar-refractivity contribution in [2.45, 2.75) is 12.5 Å². The fourth-order valence-electron chi connectivity index (χ4n) is 3.68. The van der Waals surface area contributed by atoms with Crippen molar-refractivity contribution in [1.82, 2.24) is 9.99 Å². The van der Waals surface area contributed by atoms with Crippen LogP contribution >= 0.6 is 22.7 Å². The molecule has 160 valence electrons. The Bertz CT molecular complexity index is 1370. The van der Waals surface area contributed by atoms with Crippen LogP contribution in [0.15, 0.2) is 75.3 Å². The summed E-state index contributed by atoms with van der Waals surface area (Å²) in [5, 5.41) is 10.4. The lowest BCUT2D eigenvalue weighted by molar-refractivity contribution is -0.136. The fourth-order valence-corrected chi connectivity index (χ4v) is 5.21. The summed E-state index contributed by atoms with van der Waals surface area (Å²) in [6, 6.07) is 15.7. The molecular formula is C23H17N3O4S2. The van der Waals surface area contributed by atoms with Crippen molar-refractivity contribution in [1.29, 1.82) is 0 Å². The minimum atomic E-state index is -0.727. The Kier molecular flexibility index (Phi) is 5.42. The van der Waals surface area contributed by atoms with Crippen LogP contribution < -0.4 is 5.56 Å². The first-order chi connectivity index (χ1) is 15.6. The molecule has 1 amide bonds. The molecule has 9 heteroatoms. The van der Waals surface area contributed by atoms with Crippen LogP contribution in [-0.4, -0.2) is 34.2 Å². The van der Waals surface area contributed by atoms with E-state index >= 15 is 0 Å².